The third kappa shape index (κ3) is 3.82. The number of nitrogens with zero attached hydrogens (tertiary/aromatic N) is 1. The van der Waals surface area contributed by atoms with Gasteiger partial charge in [0.05, 0.1) is 14.9 Å². The Kier molecular flexibility index (Phi) is 4.68. The number of amides is 1. The van der Waals surface area contributed by atoms with Gasteiger partial charge in [0.2, 0.25) is 5.91 Å². The number of aromatic nitrogens is 1. The van der Waals surface area contributed by atoms with Gasteiger partial charge < -0.3 is 0 Å². The molecule has 6 heteroatoms. The fraction of sp³-hybridized carbons (Fsp3) is 0. The van der Waals surface area contributed by atoms with Crippen LogP contribution in [0.4, 0.5) is 5.13 Å². The predicted molar refractivity (Wildman–Crippen MR) is 94.5 cm³/mol. The van der Waals surface area contributed by atoms with Crippen molar-refractivity contribution >= 4 is 51.4 Å². The Hall–Kier alpha value is -1.95. The van der Waals surface area contributed by atoms with E-state index in [1.54, 1.807) is 6.08 Å². The summed E-state index contributed by atoms with van der Waals surface area (Å²) in [6.07, 6.45) is 3.27. The fourth-order valence-corrected chi connectivity index (χ4v) is 3.57. The van der Waals surface area contributed by atoms with Gasteiger partial charge in [-0.2, -0.15) is 0 Å². The van der Waals surface area contributed by atoms with Crippen LogP contribution in [0.3, 0.4) is 0 Å². The van der Waals surface area contributed by atoms with E-state index < -0.39 is 0 Å². The van der Waals surface area contributed by atoms with Crippen molar-refractivity contribution in [3.63, 3.8) is 0 Å². The summed E-state index contributed by atoms with van der Waals surface area (Å²) in [7, 11) is 0. The molecule has 110 valence electrons. The lowest BCUT2D eigenvalue weighted by molar-refractivity contribution is -0.111. The number of hydrogen-bond donors (Lipinski definition) is 1. The number of thiazole rings is 1. The van der Waals surface area contributed by atoms with Crippen LogP contribution in [0.1, 0.15) is 5.56 Å². The molecule has 0 fully saturated rings. The molecule has 0 saturated carbocycles. The molecule has 0 bridgehead atoms. The zero-order valence-corrected chi connectivity index (χ0v) is 13.7. The van der Waals surface area contributed by atoms with Crippen LogP contribution in [0.5, 0.6) is 0 Å². The van der Waals surface area contributed by atoms with E-state index >= 15 is 0 Å². The Morgan fingerprint density at radius 2 is 2.00 bits per heavy atom. The average Bonchev–Trinajstić information content (AvgIpc) is 3.15. The maximum atomic E-state index is 11.9. The van der Waals surface area contributed by atoms with Crippen molar-refractivity contribution in [1.82, 2.24) is 4.98 Å². The minimum atomic E-state index is -0.200. The molecule has 0 unspecified atom stereocenters. The summed E-state index contributed by atoms with van der Waals surface area (Å²) in [5, 5.41) is 5.24. The topological polar surface area (TPSA) is 42.0 Å². The highest BCUT2D eigenvalue weighted by Gasteiger charge is 2.08. The smallest absolute Gasteiger partial charge is 0.250 e. The molecule has 0 radical (unpaired) electrons. The Balaban J connectivity index is 1.65. The van der Waals surface area contributed by atoms with Crippen molar-refractivity contribution in [2.75, 3.05) is 5.32 Å². The van der Waals surface area contributed by atoms with Gasteiger partial charge in [0.25, 0.3) is 0 Å². The first-order valence-electron chi connectivity index (χ1n) is 6.46. The molecule has 0 aliphatic rings. The molecule has 3 nitrogen and oxygen atoms in total. The van der Waals surface area contributed by atoms with Crippen LogP contribution in [-0.4, -0.2) is 10.9 Å². The predicted octanol–water partition coefficient (Wildman–Crippen LogP) is 5.18. The maximum absolute atomic E-state index is 11.9. The Labute approximate surface area is 140 Å². The van der Waals surface area contributed by atoms with E-state index in [0.29, 0.717) is 5.13 Å². The van der Waals surface area contributed by atoms with E-state index in [0.717, 1.165) is 20.5 Å². The van der Waals surface area contributed by atoms with E-state index in [4.69, 9.17) is 11.6 Å². The summed E-state index contributed by atoms with van der Waals surface area (Å²) in [5.41, 5.74) is 1.80. The summed E-state index contributed by atoms with van der Waals surface area (Å²) >= 11 is 8.77. The molecule has 3 rings (SSSR count). The lowest BCUT2D eigenvalue weighted by Gasteiger charge is -1.96. The van der Waals surface area contributed by atoms with Crippen LogP contribution >= 0.6 is 34.3 Å². The number of thiophene rings is 1. The molecule has 0 atom stereocenters. The molecule has 0 saturated heterocycles. The van der Waals surface area contributed by atoms with Gasteiger partial charge in [0.1, 0.15) is 0 Å². The van der Waals surface area contributed by atoms with Crippen molar-refractivity contribution in [2.45, 2.75) is 0 Å². The number of rotatable bonds is 4. The van der Waals surface area contributed by atoms with E-state index in [-0.39, 0.29) is 5.91 Å². The van der Waals surface area contributed by atoms with Crippen LogP contribution in [0, 0.1) is 0 Å². The third-order valence-corrected chi connectivity index (χ3v) is 4.80. The number of halogens is 1. The van der Waals surface area contributed by atoms with E-state index in [1.807, 2.05) is 47.8 Å². The van der Waals surface area contributed by atoms with Gasteiger partial charge in [-0.05, 0) is 23.8 Å². The zero-order chi connectivity index (χ0) is 15.4. The molecule has 1 aromatic carbocycles. The fourth-order valence-electron chi connectivity index (χ4n) is 1.78. The lowest BCUT2D eigenvalue weighted by atomic mass is 10.2. The largest absolute Gasteiger partial charge is 0.298 e. The van der Waals surface area contributed by atoms with Crippen molar-refractivity contribution in [3.8, 4) is 10.6 Å². The minimum Gasteiger partial charge on any atom is -0.298 e. The van der Waals surface area contributed by atoms with Crippen molar-refractivity contribution in [1.29, 1.82) is 0 Å². The summed E-state index contributed by atoms with van der Waals surface area (Å²) in [5.74, 6) is -0.200. The van der Waals surface area contributed by atoms with Gasteiger partial charge in [-0.25, -0.2) is 4.98 Å². The number of hydrogen-bond acceptors (Lipinski definition) is 4. The molecule has 1 N–H and O–H groups in total. The van der Waals surface area contributed by atoms with E-state index in [9.17, 15) is 4.79 Å². The van der Waals surface area contributed by atoms with Crippen molar-refractivity contribution in [2.24, 2.45) is 0 Å². The summed E-state index contributed by atoms with van der Waals surface area (Å²) < 4.78 is 0.722. The number of carbonyl (C=O) groups excluding carboxylic acids is 1. The molecular weight excluding hydrogens is 336 g/mol. The number of nitrogens with one attached hydrogen (secondary N) is 1. The van der Waals surface area contributed by atoms with Gasteiger partial charge in [-0.3, -0.25) is 10.1 Å². The highest BCUT2D eigenvalue weighted by Crippen LogP contribution is 2.32. The minimum absolute atomic E-state index is 0.200. The Bertz CT molecular complexity index is 808. The number of anilines is 1. The van der Waals surface area contributed by atoms with Gasteiger partial charge in [-0.15, -0.1) is 22.7 Å². The standard InChI is InChI=1S/C16H11ClN2OS2/c17-14-8-7-13(22-14)12-10-21-16(18-12)19-15(20)9-6-11-4-2-1-3-5-11/h1-10H,(H,18,19,20). The highest BCUT2D eigenvalue weighted by atomic mass is 35.5. The Morgan fingerprint density at radius 3 is 2.73 bits per heavy atom. The Morgan fingerprint density at radius 1 is 1.18 bits per heavy atom. The van der Waals surface area contributed by atoms with Crippen LogP contribution in [-0.2, 0) is 4.79 Å². The first-order valence-corrected chi connectivity index (χ1v) is 8.53. The van der Waals surface area contributed by atoms with Gasteiger partial charge in [-0.1, -0.05) is 41.9 Å². The van der Waals surface area contributed by atoms with Crippen molar-refractivity contribution in [3.05, 3.63) is 63.8 Å². The van der Waals surface area contributed by atoms with Gasteiger partial charge in [0, 0.05) is 11.5 Å². The summed E-state index contributed by atoms with van der Waals surface area (Å²) in [6.45, 7) is 0. The van der Waals surface area contributed by atoms with Crippen LogP contribution in [0.2, 0.25) is 4.34 Å². The normalized spacial score (nSPS) is 11.0. The van der Waals surface area contributed by atoms with Gasteiger partial charge >= 0.3 is 0 Å². The molecule has 3 aromatic rings. The van der Waals surface area contributed by atoms with Crippen molar-refractivity contribution < 1.29 is 4.79 Å². The second-order valence-electron chi connectivity index (χ2n) is 4.37. The molecule has 0 spiro atoms. The first kappa shape index (κ1) is 15.0. The summed E-state index contributed by atoms with van der Waals surface area (Å²) in [4.78, 5) is 17.3. The third-order valence-electron chi connectivity index (χ3n) is 2.79. The second-order valence-corrected chi connectivity index (χ2v) is 6.95. The number of benzene rings is 1. The first-order chi connectivity index (χ1) is 10.7. The molecule has 1 amide bonds. The van der Waals surface area contributed by atoms with Gasteiger partial charge in [0.15, 0.2) is 5.13 Å². The van der Waals surface area contributed by atoms with E-state index in [1.165, 1.54) is 28.7 Å². The molecule has 0 aliphatic heterocycles. The van der Waals surface area contributed by atoms with Crippen LogP contribution in [0.15, 0.2) is 53.9 Å². The quantitative estimate of drug-likeness (QED) is 0.661. The average molecular weight is 347 g/mol. The summed E-state index contributed by atoms with van der Waals surface area (Å²) in [6, 6.07) is 13.4. The van der Waals surface area contributed by atoms with Crippen LogP contribution < -0.4 is 5.32 Å². The monoisotopic (exact) mass is 346 g/mol. The molecule has 2 heterocycles. The SMILES string of the molecule is O=C(C=Cc1ccccc1)Nc1nc(-c2ccc(Cl)s2)cs1. The highest BCUT2D eigenvalue weighted by molar-refractivity contribution is 7.20. The molecule has 22 heavy (non-hydrogen) atoms. The molecule has 0 aliphatic carbocycles. The number of carbonyl (C=O) groups is 1. The zero-order valence-electron chi connectivity index (χ0n) is 11.3. The van der Waals surface area contributed by atoms with Crippen LogP contribution in [0.25, 0.3) is 16.6 Å². The van der Waals surface area contributed by atoms with E-state index in [2.05, 4.69) is 10.3 Å². The molecule has 2 aromatic heterocycles. The maximum Gasteiger partial charge on any atom is 0.250 e. The lowest BCUT2D eigenvalue weighted by Crippen LogP contribution is -2.07. The second kappa shape index (κ2) is 6.87. The molecular formula is C16H11ClN2OS2.